The summed E-state index contributed by atoms with van der Waals surface area (Å²) in [4.78, 5) is 24.3. The third-order valence-corrected chi connectivity index (χ3v) is 3.60. The van der Waals surface area contributed by atoms with E-state index in [1.54, 1.807) is 42.5 Å². The largest absolute Gasteiger partial charge is 0.467 e. The number of carbonyl (C=O) groups is 2. The van der Waals surface area contributed by atoms with Gasteiger partial charge in [0.1, 0.15) is 6.10 Å². The number of nitrogens with one attached hydrogen (secondary N) is 1. The van der Waals surface area contributed by atoms with Crippen LogP contribution in [0.3, 0.4) is 0 Å². The van der Waals surface area contributed by atoms with Crippen LogP contribution >= 0.6 is 0 Å². The van der Waals surface area contributed by atoms with Gasteiger partial charge in [-0.05, 0) is 30.2 Å². The molecule has 0 unspecified atom stereocenters. The molecule has 0 fully saturated rings. The van der Waals surface area contributed by atoms with Gasteiger partial charge in [-0.1, -0.05) is 42.5 Å². The Labute approximate surface area is 134 Å². The lowest BCUT2D eigenvalue weighted by Gasteiger charge is -2.23. The van der Waals surface area contributed by atoms with Crippen molar-refractivity contribution in [3.8, 4) is 0 Å². The summed E-state index contributed by atoms with van der Waals surface area (Å²) in [6, 6.07) is 14.4. The molecule has 5 nitrogen and oxygen atoms in total. The maximum absolute atomic E-state index is 12.3. The van der Waals surface area contributed by atoms with Gasteiger partial charge in [-0.3, -0.25) is 4.79 Å². The van der Waals surface area contributed by atoms with Crippen molar-refractivity contribution in [3.05, 3.63) is 71.3 Å². The van der Waals surface area contributed by atoms with E-state index < -0.39 is 24.0 Å². The lowest BCUT2D eigenvalue weighted by atomic mass is 9.97. The number of rotatable bonds is 5. The molecule has 5 heteroatoms. The molecule has 120 valence electrons. The summed E-state index contributed by atoms with van der Waals surface area (Å²) in [5.41, 5.74) is 1.79. The van der Waals surface area contributed by atoms with Crippen LogP contribution in [-0.2, 0) is 9.53 Å². The minimum atomic E-state index is -1.20. The summed E-state index contributed by atoms with van der Waals surface area (Å²) in [6.07, 6.45) is -1.20. The van der Waals surface area contributed by atoms with Crippen molar-refractivity contribution < 1.29 is 19.4 Å². The normalized spacial score (nSPS) is 13.0. The van der Waals surface area contributed by atoms with Crippen molar-refractivity contribution in [2.75, 3.05) is 7.11 Å². The third kappa shape index (κ3) is 3.96. The lowest BCUT2D eigenvalue weighted by molar-refractivity contribution is -0.146. The number of ether oxygens (including phenoxy) is 1. The van der Waals surface area contributed by atoms with E-state index in [-0.39, 0.29) is 0 Å². The highest BCUT2D eigenvalue weighted by Crippen LogP contribution is 2.21. The molecule has 0 heterocycles. The first-order chi connectivity index (χ1) is 11.0. The molecule has 23 heavy (non-hydrogen) atoms. The average Bonchev–Trinajstić information content (AvgIpc) is 2.59. The molecular formula is C18H19NO4. The van der Waals surface area contributed by atoms with Crippen molar-refractivity contribution in [1.82, 2.24) is 5.32 Å². The van der Waals surface area contributed by atoms with Gasteiger partial charge in [0.05, 0.1) is 7.11 Å². The monoisotopic (exact) mass is 313 g/mol. The third-order valence-electron chi connectivity index (χ3n) is 3.60. The highest BCUT2D eigenvalue weighted by Gasteiger charge is 2.31. The molecule has 2 atom stereocenters. The second-order valence-electron chi connectivity index (χ2n) is 5.14. The zero-order chi connectivity index (χ0) is 16.8. The Morgan fingerprint density at radius 1 is 1.04 bits per heavy atom. The fourth-order valence-electron chi connectivity index (χ4n) is 2.31. The Bertz CT molecular complexity index is 684. The number of amides is 1. The Morgan fingerprint density at radius 2 is 1.65 bits per heavy atom. The van der Waals surface area contributed by atoms with Gasteiger partial charge in [-0.15, -0.1) is 0 Å². The average molecular weight is 313 g/mol. The summed E-state index contributed by atoms with van der Waals surface area (Å²) in [5.74, 6) is -1.15. The molecular weight excluding hydrogens is 294 g/mol. The van der Waals surface area contributed by atoms with Crippen LogP contribution in [0.5, 0.6) is 0 Å². The number of hydrogen-bond acceptors (Lipinski definition) is 4. The number of carbonyl (C=O) groups excluding carboxylic acids is 2. The molecule has 2 N–H and O–H groups in total. The Kier molecular flexibility index (Phi) is 5.49. The standard InChI is InChI=1S/C18H19NO4/c1-12-8-6-7-11-14(12)16(20)15(18(22)23-2)19-17(21)13-9-4-3-5-10-13/h3-11,15-16,20H,1-2H3,(H,19,21)/t15-,16-/m1/s1. The molecule has 2 aromatic rings. The first kappa shape index (κ1) is 16.7. The van der Waals surface area contributed by atoms with Gasteiger partial charge < -0.3 is 15.2 Å². The summed E-state index contributed by atoms with van der Waals surface area (Å²) >= 11 is 0. The molecule has 0 aliphatic carbocycles. The fraction of sp³-hybridized carbons (Fsp3) is 0.222. The Balaban J connectivity index is 2.26. The van der Waals surface area contributed by atoms with Gasteiger partial charge in [0.15, 0.2) is 6.04 Å². The molecule has 2 aromatic carbocycles. The highest BCUT2D eigenvalue weighted by atomic mass is 16.5. The van der Waals surface area contributed by atoms with E-state index in [1.807, 2.05) is 19.1 Å². The van der Waals surface area contributed by atoms with Gasteiger partial charge in [-0.2, -0.15) is 0 Å². The first-order valence-corrected chi connectivity index (χ1v) is 7.22. The van der Waals surface area contributed by atoms with E-state index in [0.29, 0.717) is 11.1 Å². The van der Waals surface area contributed by atoms with E-state index >= 15 is 0 Å². The Hall–Kier alpha value is -2.66. The van der Waals surface area contributed by atoms with Crippen LogP contribution in [0.2, 0.25) is 0 Å². The van der Waals surface area contributed by atoms with Gasteiger partial charge in [0.25, 0.3) is 5.91 Å². The van der Waals surface area contributed by atoms with Crippen molar-refractivity contribution in [2.45, 2.75) is 19.1 Å². The SMILES string of the molecule is COC(=O)[C@H](NC(=O)c1ccccc1)[C@H](O)c1ccccc1C. The van der Waals surface area contributed by atoms with Crippen LogP contribution < -0.4 is 5.32 Å². The van der Waals surface area contributed by atoms with Crippen LogP contribution in [-0.4, -0.2) is 30.1 Å². The summed E-state index contributed by atoms with van der Waals surface area (Å²) in [7, 11) is 1.22. The van der Waals surface area contributed by atoms with Gasteiger partial charge >= 0.3 is 5.97 Å². The second kappa shape index (κ2) is 7.56. The highest BCUT2D eigenvalue weighted by molar-refractivity contribution is 5.96. The van der Waals surface area contributed by atoms with E-state index in [2.05, 4.69) is 5.32 Å². The predicted octanol–water partition coefficient (Wildman–Crippen LogP) is 2.00. The molecule has 0 radical (unpaired) electrons. The molecule has 2 rings (SSSR count). The number of aliphatic hydroxyl groups is 1. The molecule has 0 aliphatic heterocycles. The van der Waals surface area contributed by atoms with E-state index in [4.69, 9.17) is 4.74 Å². The predicted molar refractivity (Wildman–Crippen MR) is 85.9 cm³/mol. The molecule has 0 saturated heterocycles. The van der Waals surface area contributed by atoms with Crippen LogP contribution in [0.15, 0.2) is 54.6 Å². The number of aliphatic hydroxyl groups excluding tert-OH is 1. The van der Waals surface area contributed by atoms with E-state index in [0.717, 1.165) is 5.56 Å². The van der Waals surface area contributed by atoms with Crippen molar-refractivity contribution in [1.29, 1.82) is 0 Å². The summed E-state index contributed by atoms with van der Waals surface area (Å²) < 4.78 is 4.72. The van der Waals surface area contributed by atoms with E-state index in [9.17, 15) is 14.7 Å². The second-order valence-corrected chi connectivity index (χ2v) is 5.14. The van der Waals surface area contributed by atoms with E-state index in [1.165, 1.54) is 7.11 Å². The number of methoxy groups -OCH3 is 1. The summed E-state index contributed by atoms with van der Waals surface area (Å²) in [5, 5.41) is 13.1. The minimum absolute atomic E-state index is 0.401. The quantitative estimate of drug-likeness (QED) is 0.828. The smallest absolute Gasteiger partial charge is 0.331 e. The molecule has 0 bridgehead atoms. The molecule has 1 amide bonds. The van der Waals surface area contributed by atoms with Gasteiger partial charge in [-0.25, -0.2) is 4.79 Å². The maximum Gasteiger partial charge on any atom is 0.331 e. The van der Waals surface area contributed by atoms with Gasteiger partial charge in [0, 0.05) is 5.56 Å². The van der Waals surface area contributed by atoms with Gasteiger partial charge in [0.2, 0.25) is 0 Å². The zero-order valence-corrected chi connectivity index (χ0v) is 13.0. The number of benzene rings is 2. The fourth-order valence-corrected chi connectivity index (χ4v) is 2.31. The molecule has 0 aromatic heterocycles. The van der Waals surface area contributed by atoms with Crippen LogP contribution in [0.4, 0.5) is 0 Å². The first-order valence-electron chi connectivity index (χ1n) is 7.22. The minimum Gasteiger partial charge on any atom is -0.467 e. The molecule has 0 saturated carbocycles. The van der Waals surface area contributed by atoms with Crippen LogP contribution in [0.25, 0.3) is 0 Å². The number of aryl methyl sites for hydroxylation is 1. The number of hydrogen-bond donors (Lipinski definition) is 2. The Morgan fingerprint density at radius 3 is 2.26 bits per heavy atom. The zero-order valence-electron chi connectivity index (χ0n) is 13.0. The van der Waals surface area contributed by atoms with Crippen molar-refractivity contribution >= 4 is 11.9 Å². The topological polar surface area (TPSA) is 75.6 Å². The number of esters is 1. The molecule has 0 aliphatic rings. The maximum atomic E-state index is 12.3. The van der Waals surface area contributed by atoms with Crippen molar-refractivity contribution in [2.24, 2.45) is 0 Å². The summed E-state index contributed by atoms with van der Waals surface area (Å²) in [6.45, 7) is 1.83. The van der Waals surface area contributed by atoms with Crippen molar-refractivity contribution in [3.63, 3.8) is 0 Å². The van der Waals surface area contributed by atoms with Crippen LogP contribution in [0.1, 0.15) is 27.6 Å². The van der Waals surface area contributed by atoms with Crippen LogP contribution in [0, 0.1) is 6.92 Å². The molecule has 0 spiro atoms. The lowest BCUT2D eigenvalue weighted by Crippen LogP contribution is -2.45.